The number of benzene rings is 1. The molecule has 5 nitrogen and oxygen atoms in total. The summed E-state index contributed by atoms with van der Waals surface area (Å²) in [6, 6.07) is 11.9. The number of nitrogens with one attached hydrogen (secondary N) is 2. The molecule has 0 aliphatic rings. The van der Waals surface area contributed by atoms with Crippen LogP contribution in [-0.2, 0) is 6.54 Å². The van der Waals surface area contributed by atoms with Crippen molar-refractivity contribution >= 4 is 29.9 Å². The zero-order valence-electron chi connectivity index (χ0n) is 13.0. The largest absolute Gasteiger partial charge is 0.357 e. The number of nitrogens with zero attached hydrogens (tertiary/aromatic N) is 2. The second-order valence-corrected chi connectivity index (χ2v) is 4.67. The van der Waals surface area contributed by atoms with Gasteiger partial charge in [0, 0.05) is 24.7 Å². The van der Waals surface area contributed by atoms with Crippen molar-refractivity contribution in [2.24, 2.45) is 4.99 Å². The molecule has 0 fully saturated rings. The Balaban J connectivity index is 0.00000242. The Morgan fingerprint density at radius 3 is 2.64 bits per heavy atom. The molecule has 0 saturated carbocycles. The Bertz CT molecular complexity index is 569. The van der Waals surface area contributed by atoms with Crippen LogP contribution in [0.5, 0.6) is 0 Å². The summed E-state index contributed by atoms with van der Waals surface area (Å²) in [7, 11) is 0. The van der Waals surface area contributed by atoms with Crippen LogP contribution in [0.3, 0.4) is 0 Å². The van der Waals surface area contributed by atoms with Gasteiger partial charge in [-0.25, -0.2) is 4.99 Å². The molecule has 6 heteroatoms. The van der Waals surface area contributed by atoms with Crippen molar-refractivity contribution in [3.63, 3.8) is 0 Å². The van der Waals surface area contributed by atoms with Crippen molar-refractivity contribution in [1.82, 2.24) is 15.8 Å². The van der Waals surface area contributed by atoms with Crippen LogP contribution in [0.4, 0.5) is 0 Å². The maximum atomic E-state index is 5.36. The number of aromatic nitrogens is 1. The van der Waals surface area contributed by atoms with Gasteiger partial charge in [0.2, 0.25) is 0 Å². The first-order chi connectivity index (χ1) is 10.3. The fourth-order valence-corrected chi connectivity index (χ4v) is 1.87. The van der Waals surface area contributed by atoms with Crippen molar-refractivity contribution in [3.05, 3.63) is 42.1 Å². The monoisotopic (exact) mass is 414 g/mol. The zero-order valence-corrected chi connectivity index (χ0v) is 15.3. The molecule has 2 rings (SSSR count). The molecule has 22 heavy (non-hydrogen) atoms. The van der Waals surface area contributed by atoms with Gasteiger partial charge in [-0.3, -0.25) is 0 Å². The third-order valence-electron chi connectivity index (χ3n) is 2.90. The Morgan fingerprint density at radius 2 is 1.95 bits per heavy atom. The predicted molar refractivity (Wildman–Crippen MR) is 100 cm³/mol. The molecule has 0 saturated heterocycles. The summed E-state index contributed by atoms with van der Waals surface area (Å²) in [5.74, 6) is 1.58. The molecule has 0 aliphatic heterocycles. The number of hydrogen-bond acceptors (Lipinski definition) is 3. The van der Waals surface area contributed by atoms with Crippen LogP contribution in [0, 0.1) is 0 Å². The molecule has 0 amide bonds. The summed E-state index contributed by atoms with van der Waals surface area (Å²) in [4.78, 5) is 4.50. The normalized spacial score (nSPS) is 10.9. The number of hydrogen-bond donors (Lipinski definition) is 2. The highest BCUT2D eigenvalue weighted by Gasteiger charge is 2.06. The molecule has 0 atom stereocenters. The molecular weight excluding hydrogens is 391 g/mol. The standard InChI is InChI=1S/C16H22N4O.HI/c1-3-10-18-16(17-4-2)19-12-14-11-15(21-20-14)13-8-6-5-7-9-13;/h5-9,11H,3-4,10,12H2,1-2H3,(H2,17,18,19);1H. The molecule has 2 aromatic rings. The molecule has 2 N–H and O–H groups in total. The number of guanidine groups is 1. The van der Waals surface area contributed by atoms with E-state index in [-0.39, 0.29) is 24.0 Å². The summed E-state index contributed by atoms with van der Waals surface area (Å²) in [6.45, 7) is 6.41. The summed E-state index contributed by atoms with van der Waals surface area (Å²) < 4.78 is 5.36. The van der Waals surface area contributed by atoms with Gasteiger partial charge < -0.3 is 15.2 Å². The van der Waals surface area contributed by atoms with Gasteiger partial charge in [0.25, 0.3) is 0 Å². The van der Waals surface area contributed by atoms with Gasteiger partial charge in [-0.1, -0.05) is 42.4 Å². The van der Waals surface area contributed by atoms with E-state index < -0.39 is 0 Å². The minimum Gasteiger partial charge on any atom is -0.357 e. The maximum Gasteiger partial charge on any atom is 0.191 e. The third kappa shape index (κ3) is 5.67. The van der Waals surface area contributed by atoms with E-state index in [1.165, 1.54) is 0 Å². The van der Waals surface area contributed by atoms with Crippen molar-refractivity contribution in [3.8, 4) is 11.3 Å². The minimum atomic E-state index is 0. The molecule has 1 aromatic carbocycles. The Kier molecular flexibility index (Phi) is 8.57. The Morgan fingerprint density at radius 1 is 1.18 bits per heavy atom. The lowest BCUT2D eigenvalue weighted by Crippen LogP contribution is -2.37. The average Bonchev–Trinajstić information content (AvgIpc) is 3.00. The van der Waals surface area contributed by atoms with Crippen molar-refractivity contribution in [2.75, 3.05) is 13.1 Å². The lowest BCUT2D eigenvalue weighted by atomic mass is 10.2. The molecule has 0 unspecified atom stereocenters. The SMILES string of the molecule is CCCNC(=NCc1cc(-c2ccccc2)on1)NCC.I. The predicted octanol–water partition coefficient (Wildman–Crippen LogP) is 3.42. The van der Waals surface area contributed by atoms with Gasteiger partial charge in [0.05, 0.1) is 6.54 Å². The van der Waals surface area contributed by atoms with Gasteiger partial charge in [-0.15, -0.1) is 24.0 Å². The van der Waals surface area contributed by atoms with Gasteiger partial charge in [0.15, 0.2) is 11.7 Å². The molecule has 0 bridgehead atoms. The van der Waals surface area contributed by atoms with E-state index in [1.54, 1.807) is 0 Å². The Hall–Kier alpha value is -1.57. The Labute approximate surface area is 148 Å². The first kappa shape index (κ1) is 18.5. The van der Waals surface area contributed by atoms with E-state index in [1.807, 2.05) is 43.3 Å². The van der Waals surface area contributed by atoms with E-state index >= 15 is 0 Å². The van der Waals surface area contributed by atoms with Crippen LogP contribution in [-0.4, -0.2) is 24.2 Å². The molecule has 1 aromatic heterocycles. The highest BCUT2D eigenvalue weighted by Crippen LogP contribution is 2.19. The number of halogens is 1. The van der Waals surface area contributed by atoms with E-state index in [0.717, 1.165) is 42.5 Å². The third-order valence-corrected chi connectivity index (χ3v) is 2.90. The fourth-order valence-electron chi connectivity index (χ4n) is 1.87. The second-order valence-electron chi connectivity index (χ2n) is 4.67. The van der Waals surface area contributed by atoms with Crippen LogP contribution < -0.4 is 10.6 Å². The smallest absolute Gasteiger partial charge is 0.191 e. The van der Waals surface area contributed by atoms with Crippen LogP contribution in [0.2, 0.25) is 0 Å². The molecule has 0 aliphatic carbocycles. The number of aliphatic imine (C=N–C) groups is 1. The summed E-state index contributed by atoms with van der Waals surface area (Å²) in [6.07, 6.45) is 1.06. The first-order valence-corrected chi connectivity index (χ1v) is 7.36. The lowest BCUT2D eigenvalue weighted by Gasteiger charge is -2.09. The number of rotatable bonds is 6. The summed E-state index contributed by atoms with van der Waals surface area (Å²) >= 11 is 0. The van der Waals surface area contributed by atoms with Gasteiger partial charge >= 0.3 is 0 Å². The maximum absolute atomic E-state index is 5.36. The van der Waals surface area contributed by atoms with E-state index in [0.29, 0.717) is 6.54 Å². The van der Waals surface area contributed by atoms with Crippen molar-refractivity contribution in [1.29, 1.82) is 0 Å². The summed E-state index contributed by atoms with van der Waals surface area (Å²) in [5.41, 5.74) is 1.85. The quantitative estimate of drug-likeness (QED) is 0.432. The fraction of sp³-hybridized carbons (Fsp3) is 0.375. The molecule has 120 valence electrons. The van der Waals surface area contributed by atoms with Crippen LogP contribution in [0.15, 0.2) is 45.9 Å². The van der Waals surface area contributed by atoms with Gasteiger partial charge in [-0.2, -0.15) is 0 Å². The van der Waals surface area contributed by atoms with Crippen LogP contribution in [0.25, 0.3) is 11.3 Å². The van der Waals surface area contributed by atoms with Crippen molar-refractivity contribution in [2.45, 2.75) is 26.8 Å². The minimum absolute atomic E-state index is 0. The average molecular weight is 414 g/mol. The van der Waals surface area contributed by atoms with Crippen LogP contribution >= 0.6 is 24.0 Å². The summed E-state index contributed by atoms with van der Waals surface area (Å²) in [5, 5.41) is 10.5. The molecule has 0 radical (unpaired) electrons. The van der Waals surface area contributed by atoms with Crippen LogP contribution in [0.1, 0.15) is 26.0 Å². The zero-order chi connectivity index (χ0) is 14.9. The van der Waals surface area contributed by atoms with E-state index in [4.69, 9.17) is 4.52 Å². The van der Waals surface area contributed by atoms with Crippen molar-refractivity contribution < 1.29 is 4.52 Å². The highest BCUT2D eigenvalue weighted by molar-refractivity contribution is 14.0. The second kappa shape index (κ2) is 10.2. The van der Waals surface area contributed by atoms with Gasteiger partial charge in [0.1, 0.15) is 5.69 Å². The lowest BCUT2D eigenvalue weighted by molar-refractivity contribution is 0.424. The topological polar surface area (TPSA) is 62.5 Å². The highest BCUT2D eigenvalue weighted by atomic mass is 127. The van der Waals surface area contributed by atoms with E-state index in [9.17, 15) is 0 Å². The van der Waals surface area contributed by atoms with Gasteiger partial charge in [-0.05, 0) is 13.3 Å². The molecular formula is C16H23IN4O. The molecule has 1 heterocycles. The molecule has 0 spiro atoms. The first-order valence-electron chi connectivity index (χ1n) is 7.36. The van der Waals surface area contributed by atoms with E-state index in [2.05, 4.69) is 27.7 Å².